The van der Waals surface area contributed by atoms with Crippen LogP contribution in [-0.2, 0) is 0 Å². The lowest BCUT2D eigenvalue weighted by molar-refractivity contribution is 0.176. The smallest absolute Gasteiger partial charge is 0.122 e. The van der Waals surface area contributed by atoms with Gasteiger partial charge in [-0.3, -0.25) is 4.90 Å². The van der Waals surface area contributed by atoms with Crippen molar-refractivity contribution in [1.82, 2.24) is 4.90 Å². The van der Waals surface area contributed by atoms with E-state index in [-0.39, 0.29) is 12.1 Å². The van der Waals surface area contributed by atoms with E-state index in [4.69, 9.17) is 10.2 Å². The maximum atomic E-state index is 6.27. The van der Waals surface area contributed by atoms with Gasteiger partial charge in [-0.05, 0) is 37.4 Å². The topological polar surface area (TPSA) is 42.4 Å². The Morgan fingerprint density at radius 1 is 1.53 bits per heavy atom. The molecule has 96 valence electrons. The van der Waals surface area contributed by atoms with Crippen LogP contribution in [0.3, 0.4) is 0 Å². The minimum atomic E-state index is 0.164. The van der Waals surface area contributed by atoms with Crippen LogP contribution in [-0.4, -0.2) is 24.0 Å². The first-order valence-electron chi connectivity index (χ1n) is 6.79. The van der Waals surface area contributed by atoms with Crippen LogP contribution in [0, 0.1) is 5.92 Å². The fourth-order valence-corrected chi connectivity index (χ4v) is 2.79. The van der Waals surface area contributed by atoms with Crippen molar-refractivity contribution < 1.29 is 4.42 Å². The van der Waals surface area contributed by atoms with Crippen molar-refractivity contribution in [3.05, 3.63) is 24.2 Å². The fraction of sp³-hybridized carbons (Fsp3) is 0.714. The van der Waals surface area contributed by atoms with E-state index in [1.165, 1.54) is 12.8 Å². The maximum Gasteiger partial charge on any atom is 0.122 e. The Bertz CT molecular complexity index is 323. The number of furan rings is 1. The van der Waals surface area contributed by atoms with Crippen molar-refractivity contribution in [3.8, 4) is 0 Å². The van der Waals surface area contributed by atoms with Gasteiger partial charge in [-0.2, -0.15) is 0 Å². The Morgan fingerprint density at radius 2 is 2.35 bits per heavy atom. The zero-order valence-corrected chi connectivity index (χ0v) is 10.9. The molecule has 3 heteroatoms. The minimum absolute atomic E-state index is 0.164. The summed E-state index contributed by atoms with van der Waals surface area (Å²) >= 11 is 0. The summed E-state index contributed by atoms with van der Waals surface area (Å²) in [4.78, 5) is 2.50. The van der Waals surface area contributed by atoms with Crippen molar-refractivity contribution in [2.24, 2.45) is 11.7 Å². The molecule has 0 aromatic carbocycles. The van der Waals surface area contributed by atoms with Gasteiger partial charge in [0.25, 0.3) is 0 Å². The molecular weight excluding hydrogens is 212 g/mol. The van der Waals surface area contributed by atoms with Crippen LogP contribution < -0.4 is 5.73 Å². The van der Waals surface area contributed by atoms with Crippen molar-refractivity contribution in [1.29, 1.82) is 0 Å². The molecule has 3 atom stereocenters. The Balaban J connectivity index is 2.11. The van der Waals surface area contributed by atoms with E-state index in [1.54, 1.807) is 6.26 Å². The highest BCUT2D eigenvalue weighted by Gasteiger charge is 2.32. The highest BCUT2D eigenvalue weighted by molar-refractivity contribution is 5.08. The predicted octanol–water partition coefficient (Wildman–Crippen LogP) is 2.79. The molecule has 0 amide bonds. The molecule has 1 aliphatic heterocycles. The van der Waals surface area contributed by atoms with Gasteiger partial charge in [-0.15, -0.1) is 0 Å². The third-order valence-corrected chi connectivity index (χ3v) is 4.00. The molecule has 0 spiro atoms. The second-order valence-electron chi connectivity index (χ2n) is 5.09. The van der Waals surface area contributed by atoms with Gasteiger partial charge < -0.3 is 10.2 Å². The van der Waals surface area contributed by atoms with Crippen LogP contribution in [0.15, 0.2) is 22.8 Å². The van der Waals surface area contributed by atoms with Crippen LogP contribution in [0.5, 0.6) is 0 Å². The van der Waals surface area contributed by atoms with E-state index in [9.17, 15) is 0 Å². The molecule has 0 saturated carbocycles. The lowest BCUT2D eigenvalue weighted by atomic mass is 10.0. The molecule has 2 N–H and O–H groups in total. The summed E-state index contributed by atoms with van der Waals surface area (Å²) in [7, 11) is 0. The summed E-state index contributed by atoms with van der Waals surface area (Å²) in [6.07, 6.45) is 5.30. The van der Waals surface area contributed by atoms with Crippen molar-refractivity contribution in [2.75, 3.05) is 13.1 Å². The second-order valence-corrected chi connectivity index (χ2v) is 5.09. The van der Waals surface area contributed by atoms with Gasteiger partial charge in [-0.1, -0.05) is 20.3 Å². The molecule has 1 aliphatic rings. The lowest BCUT2D eigenvalue weighted by Gasteiger charge is -2.30. The van der Waals surface area contributed by atoms with Gasteiger partial charge in [0, 0.05) is 12.6 Å². The molecule has 1 aromatic heterocycles. The van der Waals surface area contributed by atoms with E-state index in [0.717, 1.165) is 31.2 Å². The molecule has 1 aromatic rings. The molecule has 0 radical (unpaired) electrons. The molecule has 3 nitrogen and oxygen atoms in total. The molecule has 1 saturated heterocycles. The van der Waals surface area contributed by atoms with Crippen LogP contribution in [0.2, 0.25) is 0 Å². The van der Waals surface area contributed by atoms with Crippen molar-refractivity contribution in [2.45, 2.75) is 45.2 Å². The number of nitrogens with two attached hydrogens (primary N) is 1. The predicted molar refractivity (Wildman–Crippen MR) is 69.7 cm³/mol. The quantitative estimate of drug-likeness (QED) is 0.854. The summed E-state index contributed by atoms with van der Waals surface area (Å²) in [5.41, 5.74) is 6.27. The van der Waals surface area contributed by atoms with E-state index in [2.05, 4.69) is 24.8 Å². The largest absolute Gasteiger partial charge is 0.468 e. The molecule has 0 aliphatic carbocycles. The Labute approximate surface area is 104 Å². The minimum Gasteiger partial charge on any atom is -0.468 e. The van der Waals surface area contributed by atoms with Gasteiger partial charge >= 0.3 is 0 Å². The summed E-state index contributed by atoms with van der Waals surface area (Å²) in [5, 5.41) is 0. The normalized spacial score (nSPS) is 25.0. The SMILES string of the molecule is CCC1CCN(C(c2ccco2)C(N)CC)C1. The van der Waals surface area contributed by atoms with Gasteiger partial charge in [0.1, 0.15) is 5.76 Å². The highest BCUT2D eigenvalue weighted by Crippen LogP contribution is 2.31. The monoisotopic (exact) mass is 236 g/mol. The zero-order valence-electron chi connectivity index (χ0n) is 10.9. The van der Waals surface area contributed by atoms with Gasteiger partial charge in [0.2, 0.25) is 0 Å². The third-order valence-electron chi connectivity index (χ3n) is 4.00. The van der Waals surface area contributed by atoms with E-state index < -0.39 is 0 Å². The van der Waals surface area contributed by atoms with Gasteiger partial charge in [0.15, 0.2) is 0 Å². The second kappa shape index (κ2) is 5.69. The number of likely N-dealkylation sites (tertiary alicyclic amines) is 1. The van der Waals surface area contributed by atoms with Crippen LogP contribution in [0.1, 0.15) is 44.9 Å². The Kier molecular flexibility index (Phi) is 4.24. The average Bonchev–Trinajstić information content (AvgIpc) is 3.00. The average molecular weight is 236 g/mol. The molecule has 2 rings (SSSR count). The summed E-state index contributed by atoms with van der Waals surface area (Å²) in [6.45, 7) is 6.73. The van der Waals surface area contributed by atoms with Crippen molar-refractivity contribution >= 4 is 0 Å². The molecule has 1 fully saturated rings. The first kappa shape index (κ1) is 12.7. The summed E-state index contributed by atoms with van der Waals surface area (Å²) in [6, 6.07) is 4.43. The number of nitrogens with zero attached hydrogens (tertiary/aromatic N) is 1. The molecule has 3 unspecified atom stereocenters. The Morgan fingerprint density at radius 3 is 2.88 bits per heavy atom. The highest BCUT2D eigenvalue weighted by atomic mass is 16.3. The first-order valence-corrected chi connectivity index (χ1v) is 6.79. The molecular formula is C14H24N2O. The maximum absolute atomic E-state index is 6.27. The fourth-order valence-electron chi connectivity index (χ4n) is 2.79. The van der Waals surface area contributed by atoms with E-state index >= 15 is 0 Å². The van der Waals surface area contributed by atoms with Gasteiger partial charge in [0.05, 0.1) is 12.3 Å². The zero-order chi connectivity index (χ0) is 12.3. The van der Waals surface area contributed by atoms with Gasteiger partial charge in [-0.25, -0.2) is 0 Å². The number of hydrogen-bond acceptors (Lipinski definition) is 3. The van der Waals surface area contributed by atoms with Crippen LogP contribution >= 0.6 is 0 Å². The lowest BCUT2D eigenvalue weighted by Crippen LogP contribution is -2.39. The third kappa shape index (κ3) is 2.72. The first-order chi connectivity index (χ1) is 8.26. The summed E-state index contributed by atoms with van der Waals surface area (Å²) < 4.78 is 5.58. The van der Waals surface area contributed by atoms with E-state index in [0.29, 0.717) is 0 Å². The van der Waals surface area contributed by atoms with Crippen molar-refractivity contribution in [3.63, 3.8) is 0 Å². The number of rotatable bonds is 5. The van der Waals surface area contributed by atoms with Crippen LogP contribution in [0.4, 0.5) is 0 Å². The molecule has 0 bridgehead atoms. The molecule has 2 heterocycles. The number of hydrogen-bond donors (Lipinski definition) is 1. The van der Waals surface area contributed by atoms with E-state index in [1.807, 2.05) is 6.07 Å². The molecule has 17 heavy (non-hydrogen) atoms. The Hall–Kier alpha value is -0.800. The standard InChI is InChI=1S/C14H24N2O/c1-3-11-7-8-16(10-11)14(12(15)4-2)13-6-5-9-17-13/h5-6,9,11-12,14H,3-4,7-8,10,15H2,1-2H3. The van der Waals surface area contributed by atoms with Crippen LogP contribution in [0.25, 0.3) is 0 Å². The summed E-state index contributed by atoms with van der Waals surface area (Å²) in [5.74, 6) is 1.85.